The molecule has 4 nitrogen and oxygen atoms in total. The van der Waals surface area contributed by atoms with Gasteiger partial charge in [0.05, 0.1) is 19.3 Å². The van der Waals surface area contributed by atoms with Gasteiger partial charge in [-0.3, -0.25) is 4.79 Å². The van der Waals surface area contributed by atoms with Crippen LogP contribution in [0.1, 0.15) is 33.6 Å². The number of ether oxygens (including phenoxy) is 1. The van der Waals surface area contributed by atoms with Crippen LogP contribution >= 0.6 is 0 Å². The van der Waals surface area contributed by atoms with E-state index in [2.05, 4.69) is 5.32 Å². The summed E-state index contributed by atoms with van der Waals surface area (Å²) in [4.78, 5) is 13.7. The molecule has 4 heteroatoms. The maximum Gasteiger partial charge on any atom is 0.236 e. The lowest BCUT2D eigenvalue weighted by Gasteiger charge is -2.20. The summed E-state index contributed by atoms with van der Waals surface area (Å²) in [5.41, 5.74) is 0. The fraction of sp³-hybridized carbons (Fsp3) is 0.917. The SMILES string of the molecule is CCN(C(=O)CNCCOC(C)C)C1CC1. The van der Waals surface area contributed by atoms with E-state index in [1.54, 1.807) is 0 Å². The molecule has 0 aliphatic heterocycles. The number of likely N-dealkylation sites (N-methyl/N-ethyl adjacent to an activating group) is 1. The van der Waals surface area contributed by atoms with Crippen LogP contribution in [0.2, 0.25) is 0 Å². The van der Waals surface area contributed by atoms with Crippen LogP contribution in [0.3, 0.4) is 0 Å². The molecule has 1 fully saturated rings. The summed E-state index contributed by atoms with van der Waals surface area (Å²) in [5.74, 6) is 0.217. The smallest absolute Gasteiger partial charge is 0.236 e. The molecule has 94 valence electrons. The Morgan fingerprint density at radius 1 is 1.50 bits per heavy atom. The zero-order valence-electron chi connectivity index (χ0n) is 10.7. The number of nitrogens with zero attached hydrogens (tertiary/aromatic N) is 1. The van der Waals surface area contributed by atoms with Crippen molar-refractivity contribution in [2.24, 2.45) is 0 Å². The third-order valence-corrected chi connectivity index (χ3v) is 2.65. The van der Waals surface area contributed by atoms with Gasteiger partial charge in [0.15, 0.2) is 0 Å². The molecule has 0 unspecified atom stereocenters. The minimum Gasteiger partial charge on any atom is -0.377 e. The number of rotatable bonds is 8. The van der Waals surface area contributed by atoms with E-state index in [1.807, 2.05) is 25.7 Å². The summed E-state index contributed by atoms with van der Waals surface area (Å²) in [7, 11) is 0. The van der Waals surface area contributed by atoms with E-state index in [-0.39, 0.29) is 12.0 Å². The van der Waals surface area contributed by atoms with Crippen molar-refractivity contribution >= 4 is 5.91 Å². The van der Waals surface area contributed by atoms with E-state index >= 15 is 0 Å². The Morgan fingerprint density at radius 2 is 2.19 bits per heavy atom. The van der Waals surface area contributed by atoms with Crippen LogP contribution in [-0.2, 0) is 9.53 Å². The minimum absolute atomic E-state index is 0.217. The highest BCUT2D eigenvalue weighted by Gasteiger charge is 2.30. The summed E-state index contributed by atoms with van der Waals surface area (Å²) in [6.07, 6.45) is 2.61. The van der Waals surface area contributed by atoms with Crippen molar-refractivity contribution in [3.8, 4) is 0 Å². The third-order valence-electron chi connectivity index (χ3n) is 2.65. The monoisotopic (exact) mass is 228 g/mol. The Bertz CT molecular complexity index is 215. The quantitative estimate of drug-likeness (QED) is 0.630. The molecule has 1 aliphatic carbocycles. The number of hydrogen-bond donors (Lipinski definition) is 1. The highest BCUT2D eigenvalue weighted by Crippen LogP contribution is 2.26. The van der Waals surface area contributed by atoms with E-state index in [0.29, 0.717) is 19.2 Å². The zero-order valence-corrected chi connectivity index (χ0v) is 10.7. The molecule has 1 rings (SSSR count). The highest BCUT2D eigenvalue weighted by atomic mass is 16.5. The van der Waals surface area contributed by atoms with Crippen molar-refractivity contribution in [1.82, 2.24) is 10.2 Å². The first-order chi connectivity index (χ1) is 7.65. The van der Waals surface area contributed by atoms with Crippen LogP contribution in [0.25, 0.3) is 0 Å². The summed E-state index contributed by atoms with van der Waals surface area (Å²) in [5, 5.41) is 3.12. The number of nitrogens with one attached hydrogen (secondary N) is 1. The number of amides is 1. The Kier molecular flexibility index (Phi) is 5.77. The van der Waals surface area contributed by atoms with Crippen molar-refractivity contribution in [1.29, 1.82) is 0 Å². The van der Waals surface area contributed by atoms with E-state index in [4.69, 9.17) is 4.74 Å². The molecular formula is C12H24N2O2. The number of carbonyl (C=O) groups excluding carboxylic acids is 1. The van der Waals surface area contributed by atoms with Gasteiger partial charge in [-0.25, -0.2) is 0 Å². The van der Waals surface area contributed by atoms with E-state index in [9.17, 15) is 4.79 Å². The highest BCUT2D eigenvalue weighted by molar-refractivity contribution is 5.78. The predicted molar refractivity (Wildman–Crippen MR) is 64.4 cm³/mol. The first-order valence-corrected chi connectivity index (χ1v) is 6.27. The van der Waals surface area contributed by atoms with Crippen molar-refractivity contribution < 1.29 is 9.53 Å². The molecule has 0 radical (unpaired) electrons. The average molecular weight is 228 g/mol. The predicted octanol–water partition coefficient (Wildman–Crippen LogP) is 1.01. The summed E-state index contributed by atoms with van der Waals surface area (Å²) >= 11 is 0. The van der Waals surface area contributed by atoms with E-state index in [0.717, 1.165) is 13.1 Å². The molecule has 0 atom stereocenters. The van der Waals surface area contributed by atoms with Crippen LogP contribution in [0.4, 0.5) is 0 Å². The van der Waals surface area contributed by atoms with Gasteiger partial charge >= 0.3 is 0 Å². The van der Waals surface area contributed by atoms with Gasteiger partial charge in [0.25, 0.3) is 0 Å². The van der Waals surface area contributed by atoms with Gasteiger partial charge in [0.2, 0.25) is 5.91 Å². The third kappa shape index (κ3) is 4.94. The Labute approximate surface area is 98.3 Å². The molecule has 0 bridgehead atoms. The average Bonchev–Trinajstić information content (AvgIpc) is 3.02. The molecule has 1 aliphatic rings. The first-order valence-electron chi connectivity index (χ1n) is 6.27. The fourth-order valence-electron chi connectivity index (χ4n) is 1.69. The fourth-order valence-corrected chi connectivity index (χ4v) is 1.69. The van der Waals surface area contributed by atoms with Crippen molar-refractivity contribution in [2.75, 3.05) is 26.2 Å². The zero-order chi connectivity index (χ0) is 12.0. The molecule has 0 aromatic heterocycles. The maximum absolute atomic E-state index is 11.8. The minimum atomic E-state index is 0.217. The van der Waals surface area contributed by atoms with Crippen LogP contribution in [0.15, 0.2) is 0 Å². The van der Waals surface area contributed by atoms with Crippen LogP contribution < -0.4 is 5.32 Å². The second-order valence-corrected chi connectivity index (χ2v) is 4.51. The van der Waals surface area contributed by atoms with Crippen molar-refractivity contribution in [2.45, 2.75) is 45.8 Å². The van der Waals surface area contributed by atoms with Crippen LogP contribution in [0, 0.1) is 0 Å². The molecule has 0 heterocycles. The van der Waals surface area contributed by atoms with Gasteiger partial charge in [-0.1, -0.05) is 0 Å². The first kappa shape index (κ1) is 13.5. The van der Waals surface area contributed by atoms with Gasteiger partial charge in [-0.05, 0) is 33.6 Å². The standard InChI is InChI=1S/C12H24N2O2/c1-4-14(11-5-6-11)12(15)9-13-7-8-16-10(2)3/h10-11,13H,4-9H2,1-3H3. The normalized spacial score (nSPS) is 15.5. The molecule has 16 heavy (non-hydrogen) atoms. The lowest BCUT2D eigenvalue weighted by molar-refractivity contribution is -0.130. The Morgan fingerprint density at radius 3 is 2.69 bits per heavy atom. The topological polar surface area (TPSA) is 41.6 Å². The van der Waals surface area contributed by atoms with Crippen LogP contribution in [0.5, 0.6) is 0 Å². The largest absolute Gasteiger partial charge is 0.377 e. The van der Waals surface area contributed by atoms with E-state index < -0.39 is 0 Å². The van der Waals surface area contributed by atoms with Gasteiger partial charge in [-0.2, -0.15) is 0 Å². The molecule has 0 spiro atoms. The molecule has 0 aromatic rings. The lowest BCUT2D eigenvalue weighted by Crippen LogP contribution is -2.40. The second-order valence-electron chi connectivity index (χ2n) is 4.51. The summed E-state index contributed by atoms with van der Waals surface area (Å²) < 4.78 is 5.38. The molecule has 1 saturated carbocycles. The number of hydrogen-bond acceptors (Lipinski definition) is 3. The second kappa shape index (κ2) is 6.86. The van der Waals surface area contributed by atoms with Gasteiger partial charge < -0.3 is 15.0 Å². The molecule has 1 N–H and O–H groups in total. The van der Waals surface area contributed by atoms with Gasteiger partial charge in [0, 0.05) is 19.1 Å². The van der Waals surface area contributed by atoms with Crippen molar-refractivity contribution in [3.63, 3.8) is 0 Å². The van der Waals surface area contributed by atoms with Gasteiger partial charge in [0.1, 0.15) is 0 Å². The van der Waals surface area contributed by atoms with Crippen LogP contribution in [-0.4, -0.2) is 49.2 Å². The lowest BCUT2D eigenvalue weighted by atomic mass is 10.4. The summed E-state index contributed by atoms with van der Waals surface area (Å²) in [6.45, 7) is 8.73. The molecule has 0 aromatic carbocycles. The van der Waals surface area contributed by atoms with E-state index in [1.165, 1.54) is 12.8 Å². The summed E-state index contributed by atoms with van der Waals surface area (Å²) in [6, 6.07) is 0.520. The maximum atomic E-state index is 11.8. The Balaban J connectivity index is 2.05. The molecule has 0 saturated heterocycles. The molecular weight excluding hydrogens is 204 g/mol. The number of carbonyl (C=O) groups is 1. The molecule has 1 amide bonds. The van der Waals surface area contributed by atoms with Gasteiger partial charge in [-0.15, -0.1) is 0 Å². The van der Waals surface area contributed by atoms with Crippen molar-refractivity contribution in [3.05, 3.63) is 0 Å². The Hall–Kier alpha value is -0.610.